The largest absolute Gasteiger partial charge is 0.491 e. The van der Waals surface area contributed by atoms with Crippen molar-refractivity contribution in [3.05, 3.63) is 35.9 Å². The molecule has 1 aromatic carbocycles. The molecule has 2 aliphatic rings. The summed E-state index contributed by atoms with van der Waals surface area (Å²) in [5, 5.41) is 0. The third-order valence-electron chi connectivity index (χ3n) is 6.57. The maximum Gasteiger partial charge on any atom is 0.257 e. The number of allylic oxidation sites excluding steroid dienone is 1. The zero-order valence-corrected chi connectivity index (χ0v) is 22.2. The van der Waals surface area contributed by atoms with Crippen LogP contribution in [0.4, 0.5) is 0 Å². The summed E-state index contributed by atoms with van der Waals surface area (Å²) in [6.45, 7) is 8.04. The molecule has 0 N–H and O–H groups in total. The first-order valence-electron chi connectivity index (χ1n) is 12.6. The molecule has 9 heteroatoms. The molecule has 1 atom stereocenters. The fraction of sp³-hybridized carbons (Fsp3) is 0.615. The van der Waals surface area contributed by atoms with Gasteiger partial charge in [-0.1, -0.05) is 26.0 Å². The highest BCUT2D eigenvalue weighted by molar-refractivity contribution is 7.89. The quantitative estimate of drug-likeness (QED) is 0.584. The second kappa shape index (κ2) is 12.0. The second-order valence-corrected chi connectivity index (χ2v) is 11.8. The number of fused-ring (bicyclic) bond motifs is 1. The van der Waals surface area contributed by atoms with Gasteiger partial charge in [0, 0.05) is 40.2 Å². The smallest absolute Gasteiger partial charge is 0.257 e. The van der Waals surface area contributed by atoms with E-state index < -0.39 is 10.0 Å². The molecule has 2 aliphatic heterocycles. The van der Waals surface area contributed by atoms with Crippen molar-refractivity contribution in [2.24, 2.45) is 5.92 Å². The number of rotatable bonds is 4. The SMILES string of the molecule is CC(=O)N1CCC/C=C/CN(C)C(=O)c2cc(S(=O)(=O)N3CCCC3)ccc2OC[C@@H]1CC(C)C. The Balaban J connectivity index is 2.00. The van der Waals surface area contributed by atoms with Crippen molar-refractivity contribution in [2.45, 2.75) is 63.8 Å². The van der Waals surface area contributed by atoms with Crippen LogP contribution in [0.2, 0.25) is 0 Å². The topological polar surface area (TPSA) is 87.2 Å². The molecule has 2 amide bonds. The molecule has 194 valence electrons. The van der Waals surface area contributed by atoms with Crippen LogP contribution >= 0.6 is 0 Å². The predicted molar refractivity (Wildman–Crippen MR) is 136 cm³/mol. The Morgan fingerprint density at radius 2 is 1.83 bits per heavy atom. The van der Waals surface area contributed by atoms with E-state index in [0.29, 0.717) is 37.8 Å². The van der Waals surface area contributed by atoms with E-state index in [1.165, 1.54) is 16.4 Å². The molecule has 0 spiro atoms. The summed E-state index contributed by atoms with van der Waals surface area (Å²) in [6.07, 6.45) is 8.03. The molecular formula is C26H39N3O5S. The maximum absolute atomic E-state index is 13.4. The predicted octanol–water partition coefficient (Wildman–Crippen LogP) is 3.54. The molecule has 1 fully saturated rings. The van der Waals surface area contributed by atoms with Crippen molar-refractivity contribution in [1.29, 1.82) is 0 Å². The number of nitrogens with zero attached hydrogens (tertiary/aromatic N) is 3. The number of likely N-dealkylation sites (N-methyl/N-ethyl adjacent to an activating group) is 1. The van der Waals surface area contributed by atoms with Gasteiger partial charge in [-0.25, -0.2) is 8.42 Å². The Hall–Kier alpha value is -2.39. The first-order chi connectivity index (χ1) is 16.6. The highest BCUT2D eigenvalue weighted by atomic mass is 32.2. The average molecular weight is 506 g/mol. The Morgan fingerprint density at radius 1 is 1.11 bits per heavy atom. The minimum Gasteiger partial charge on any atom is -0.491 e. The number of carbonyl (C=O) groups excluding carboxylic acids is 2. The van der Waals surface area contributed by atoms with Gasteiger partial charge in [-0.2, -0.15) is 4.31 Å². The van der Waals surface area contributed by atoms with E-state index in [2.05, 4.69) is 13.8 Å². The number of amides is 2. The third-order valence-corrected chi connectivity index (χ3v) is 8.46. The zero-order valence-electron chi connectivity index (χ0n) is 21.4. The van der Waals surface area contributed by atoms with E-state index in [9.17, 15) is 18.0 Å². The number of carbonyl (C=O) groups is 2. The normalized spacial score (nSPS) is 22.0. The molecule has 3 rings (SSSR count). The molecule has 35 heavy (non-hydrogen) atoms. The summed E-state index contributed by atoms with van der Waals surface area (Å²) in [5.74, 6) is 0.382. The van der Waals surface area contributed by atoms with Gasteiger partial charge in [0.15, 0.2) is 0 Å². The van der Waals surface area contributed by atoms with E-state index in [4.69, 9.17) is 4.74 Å². The lowest BCUT2D eigenvalue weighted by Crippen LogP contribution is -2.44. The average Bonchev–Trinajstić information content (AvgIpc) is 3.36. The van der Waals surface area contributed by atoms with Crippen LogP contribution in [0.5, 0.6) is 5.75 Å². The Bertz CT molecular complexity index is 1030. The van der Waals surface area contributed by atoms with Gasteiger partial charge in [0.25, 0.3) is 5.91 Å². The van der Waals surface area contributed by atoms with Gasteiger partial charge in [0.1, 0.15) is 12.4 Å². The number of ether oxygens (including phenoxy) is 1. The molecule has 0 aliphatic carbocycles. The molecule has 8 nitrogen and oxygen atoms in total. The Morgan fingerprint density at radius 3 is 2.49 bits per heavy atom. The fourth-order valence-corrected chi connectivity index (χ4v) is 6.21. The molecule has 0 aromatic heterocycles. The van der Waals surface area contributed by atoms with E-state index in [-0.39, 0.29) is 34.9 Å². The summed E-state index contributed by atoms with van der Waals surface area (Å²) in [4.78, 5) is 29.4. The lowest BCUT2D eigenvalue weighted by molar-refractivity contribution is -0.132. The molecule has 0 saturated carbocycles. The van der Waals surface area contributed by atoms with Gasteiger partial charge in [-0.15, -0.1) is 0 Å². The molecule has 0 radical (unpaired) electrons. The number of hydrogen-bond donors (Lipinski definition) is 0. The van der Waals surface area contributed by atoms with Crippen molar-refractivity contribution in [3.8, 4) is 5.75 Å². The van der Waals surface area contributed by atoms with E-state index in [1.807, 2.05) is 17.1 Å². The molecule has 0 unspecified atom stereocenters. The number of hydrogen-bond acceptors (Lipinski definition) is 5. The van der Waals surface area contributed by atoms with Gasteiger partial charge in [-0.05, 0) is 56.2 Å². The fourth-order valence-electron chi connectivity index (χ4n) is 4.67. The van der Waals surface area contributed by atoms with Crippen molar-refractivity contribution in [3.63, 3.8) is 0 Å². The first-order valence-corrected chi connectivity index (χ1v) is 14.0. The van der Waals surface area contributed by atoms with Gasteiger partial charge >= 0.3 is 0 Å². The van der Waals surface area contributed by atoms with Crippen LogP contribution in [0.3, 0.4) is 0 Å². The van der Waals surface area contributed by atoms with E-state index in [0.717, 1.165) is 32.1 Å². The number of sulfonamides is 1. The van der Waals surface area contributed by atoms with Crippen LogP contribution in [0, 0.1) is 5.92 Å². The summed E-state index contributed by atoms with van der Waals surface area (Å²) in [5.41, 5.74) is 0.218. The highest BCUT2D eigenvalue weighted by Gasteiger charge is 2.30. The molecular weight excluding hydrogens is 466 g/mol. The number of benzene rings is 1. The first kappa shape index (κ1) is 27.2. The molecule has 1 aromatic rings. The van der Waals surface area contributed by atoms with Crippen molar-refractivity contribution in [2.75, 3.05) is 39.8 Å². The zero-order chi connectivity index (χ0) is 25.6. The van der Waals surface area contributed by atoms with Gasteiger partial charge < -0.3 is 14.5 Å². The maximum atomic E-state index is 13.4. The van der Waals surface area contributed by atoms with Crippen LogP contribution in [-0.2, 0) is 14.8 Å². The Labute approximate surface area is 210 Å². The van der Waals surface area contributed by atoms with Crippen molar-refractivity contribution < 1.29 is 22.7 Å². The molecule has 2 heterocycles. The highest BCUT2D eigenvalue weighted by Crippen LogP contribution is 2.28. The van der Waals surface area contributed by atoms with Gasteiger partial charge in [-0.3, -0.25) is 9.59 Å². The molecule has 1 saturated heterocycles. The van der Waals surface area contributed by atoms with Gasteiger partial charge in [0.05, 0.1) is 16.5 Å². The lowest BCUT2D eigenvalue weighted by Gasteiger charge is -2.32. The van der Waals surface area contributed by atoms with E-state index in [1.54, 1.807) is 24.9 Å². The van der Waals surface area contributed by atoms with E-state index >= 15 is 0 Å². The molecule has 0 bridgehead atoms. The summed E-state index contributed by atoms with van der Waals surface area (Å²) in [7, 11) is -1.98. The Kier molecular flexibility index (Phi) is 9.35. The second-order valence-electron chi connectivity index (χ2n) is 9.88. The van der Waals surface area contributed by atoms with Crippen LogP contribution < -0.4 is 4.74 Å². The summed E-state index contributed by atoms with van der Waals surface area (Å²) in [6, 6.07) is 4.39. The summed E-state index contributed by atoms with van der Waals surface area (Å²) < 4.78 is 34.0. The monoisotopic (exact) mass is 505 g/mol. The lowest BCUT2D eigenvalue weighted by atomic mass is 10.0. The van der Waals surface area contributed by atoms with Crippen LogP contribution in [0.25, 0.3) is 0 Å². The van der Waals surface area contributed by atoms with Crippen LogP contribution in [0.15, 0.2) is 35.2 Å². The van der Waals surface area contributed by atoms with Crippen molar-refractivity contribution in [1.82, 2.24) is 14.1 Å². The van der Waals surface area contributed by atoms with Crippen LogP contribution in [0.1, 0.15) is 63.2 Å². The van der Waals surface area contributed by atoms with Crippen LogP contribution in [-0.4, -0.2) is 80.2 Å². The van der Waals surface area contributed by atoms with Gasteiger partial charge in [0.2, 0.25) is 15.9 Å². The minimum atomic E-state index is -3.68. The van der Waals surface area contributed by atoms with Crippen molar-refractivity contribution >= 4 is 21.8 Å². The third kappa shape index (κ3) is 6.85. The summed E-state index contributed by atoms with van der Waals surface area (Å²) >= 11 is 0. The minimum absolute atomic E-state index is 0.00147. The standard InChI is InChI=1S/C26H39N3O5S/c1-20(2)17-22-19-34-25-12-11-23(35(32,33)28-14-9-10-15-28)18-24(25)26(31)27(4)13-7-5-6-8-16-29(22)21(3)30/h5,7,11-12,18,20,22H,6,8-10,13-17,19H2,1-4H3/b7-5+/t22-/m0/s1.